The lowest BCUT2D eigenvalue weighted by Crippen LogP contribution is -2.46. The van der Waals surface area contributed by atoms with Gasteiger partial charge in [0.2, 0.25) is 0 Å². The summed E-state index contributed by atoms with van der Waals surface area (Å²) < 4.78 is 5.48. The number of nitrogens with two attached hydrogens (primary N) is 1. The molecule has 0 saturated carbocycles. The van der Waals surface area contributed by atoms with Gasteiger partial charge in [0.25, 0.3) is 0 Å². The van der Waals surface area contributed by atoms with Crippen LogP contribution in [0.1, 0.15) is 53.9 Å². The minimum Gasteiger partial charge on any atom is -0.444 e. The van der Waals surface area contributed by atoms with E-state index in [1.165, 1.54) is 6.42 Å². The molecule has 2 N–H and O–H groups in total. The molecule has 1 saturated heterocycles. The lowest BCUT2D eigenvalue weighted by atomic mass is 9.78. The van der Waals surface area contributed by atoms with Crippen LogP contribution in [0.4, 0.5) is 4.79 Å². The van der Waals surface area contributed by atoms with Gasteiger partial charge >= 0.3 is 6.09 Å². The quantitative estimate of drug-likeness (QED) is 0.862. The summed E-state index contributed by atoms with van der Waals surface area (Å²) in [6, 6.07) is 0. The van der Waals surface area contributed by atoms with Gasteiger partial charge in [-0.3, -0.25) is 0 Å². The molecule has 118 valence electrons. The van der Waals surface area contributed by atoms with Crippen molar-refractivity contribution in [3.63, 3.8) is 0 Å². The Morgan fingerprint density at radius 3 is 2.50 bits per heavy atom. The molecule has 0 aliphatic carbocycles. The smallest absolute Gasteiger partial charge is 0.410 e. The molecule has 2 atom stereocenters. The molecular formula is C16H32N2O2. The minimum absolute atomic E-state index is 0.178. The number of hydrogen-bond acceptors (Lipinski definition) is 3. The third-order valence-electron chi connectivity index (χ3n) is 3.85. The zero-order valence-corrected chi connectivity index (χ0v) is 13.8. The predicted molar refractivity (Wildman–Crippen MR) is 82.5 cm³/mol. The molecule has 0 bridgehead atoms. The van der Waals surface area contributed by atoms with E-state index in [2.05, 4.69) is 13.8 Å². The van der Waals surface area contributed by atoms with Crippen molar-refractivity contribution in [2.45, 2.75) is 59.5 Å². The molecule has 1 rings (SSSR count). The van der Waals surface area contributed by atoms with E-state index in [9.17, 15) is 4.79 Å². The Labute approximate surface area is 124 Å². The molecule has 0 aromatic heterocycles. The predicted octanol–water partition coefficient (Wildman–Crippen LogP) is 3.25. The second kappa shape index (κ2) is 7.30. The van der Waals surface area contributed by atoms with E-state index in [1.54, 1.807) is 0 Å². The molecule has 1 aliphatic rings. The number of ether oxygens (including phenoxy) is 1. The maximum Gasteiger partial charge on any atom is 0.410 e. The average molecular weight is 284 g/mol. The third-order valence-corrected chi connectivity index (χ3v) is 3.85. The molecule has 1 aliphatic heterocycles. The maximum atomic E-state index is 12.2. The number of hydrogen-bond donors (Lipinski definition) is 1. The first kappa shape index (κ1) is 17.3. The zero-order valence-electron chi connectivity index (χ0n) is 13.8. The highest BCUT2D eigenvalue weighted by Gasteiger charge is 2.33. The molecule has 0 aromatic carbocycles. The van der Waals surface area contributed by atoms with Gasteiger partial charge < -0.3 is 15.4 Å². The summed E-state index contributed by atoms with van der Waals surface area (Å²) in [5.41, 5.74) is 5.32. The number of piperidine rings is 1. The molecule has 1 amide bonds. The van der Waals surface area contributed by atoms with Gasteiger partial charge in [0, 0.05) is 13.1 Å². The number of carbonyl (C=O) groups is 1. The van der Waals surface area contributed by atoms with Crippen LogP contribution in [-0.4, -0.2) is 36.2 Å². The van der Waals surface area contributed by atoms with E-state index in [1.807, 2.05) is 25.7 Å². The van der Waals surface area contributed by atoms with Gasteiger partial charge in [0.05, 0.1) is 0 Å². The highest BCUT2D eigenvalue weighted by atomic mass is 16.6. The SMILES string of the molecule is CC(C)CC1CCN(C(=O)OC(C)(C)C)CC1CCN. The number of amides is 1. The number of rotatable bonds is 4. The summed E-state index contributed by atoms with van der Waals surface area (Å²) in [5, 5.41) is 0. The molecule has 2 unspecified atom stereocenters. The highest BCUT2D eigenvalue weighted by Crippen LogP contribution is 2.31. The number of nitrogens with zero attached hydrogens (tertiary/aromatic N) is 1. The summed E-state index contributed by atoms with van der Waals surface area (Å²) in [6.07, 6.45) is 3.12. The Balaban J connectivity index is 2.61. The van der Waals surface area contributed by atoms with Crippen LogP contribution in [0.2, 0.25) is 0 Å². The van der Waals surface area contributed by atoms with Gasteiger partial charge in [-0.1, -0.05) is 13.8 Å². The summed E-state index contributed by atoms with van der Waals surface area (Å²) in [7, 11) is 0. The standard InChI is InChI=1S/C16H32N2O2/c1-12(2)10-13-7-9-18(11-14(13)6-8-17)15(19)20-16(3,4)5/h12-14H,6-11,17H2,1-5H3. The van der Waals surface area contributed by atoms with E-state index in [0.717, 1.165) is 25.9 Å². The fourth-order valence-electron chi connectivity index (χ4n) is 3.03. The van der Waals surface area contributed by atoms with E-state index in [-0.39, 0.29) is 6.09 Å². The van der Waals surface area contributed by atoms with Crippen molar-refractivity contribution in [2.75, 3.05) is 19.6 Å². The summed E-state index contributed by atoms with van der Waals surface area (Å²) >= 11 is 0. The monoisotopic (exact) mass is 284 g/mol. The van der Waals surface area contributed by atoms with Crippen LogP contribution in [0.15, 0.2) is 0 Å². The van der Waals surface area contributed by atoms with Crippen molar-refractivity contribution in [2.24, 2.45) is 23.5 Å². The van der Waals surface area contributed by atoms with Crippen molar-refractivity contribution in [1.82, 2.24) is 4.90 Å². The molecule has 0 aromatic rings. The van der Waals surface area contributed by atoms with Crippen LogP contribution in [-0.2, 0) is 4.74 Å². The van der Waals surface area contributed by atoms with Crippen molar-refractivity contribution in [3.8, 4) is 0 Å². The van der Waals surface area contributed by atoms with E-state index >= 15 is 0 Å². The van der Waals surface area contributed by atoms with Crippen LogP contribution in [0.5, 0.6) is 0 Å². The molecule has 1 heterocycles. The van der Waals surface area contributed by atoms with E-state index in [4.69, 9.17) is 10.5 Å². The Morgan fingerprint density at radius 1 is 1.35 bits per heavy atom. The third kappa shape index (κ3) is 5.70. The first-order valence-corrected chi connectivity index (χ1v) is 7.91. The zero-order chi connectivity index (χ0) is 15.3. The Kier molecular flexibility index (Phi) is 6.31. The molecule has 4 heteroatoms. The van der Waals surface area contributed by atoms with E-state index < -0.39 is 5.60 Å². The average Bonchev–Trinajstić information content (AvgIpc) is 2.28. The Hall–Kier alpha value is -0.770. The second-order valence-corrected chi connectivity index (χ2v) is 7.44. The molecule has 1 fully saturated rings. The van der Waals surface area contributed by atoms with Crippen LogP contribution in [0.25, 0.3) is 0 Å². The van der Waals surface area contributed by atoms with Crippen molar-refractivity contribution < 1.29 is 9.53 Å². The number of likely N-dealkylation sites (tertiary alicyclic amines) is 1. The van der Waals surface area contributed by atoms with Crippen molar-refractivity contribution >= 4 is 6.09 Å². The van der Waals surface area contributed by atoms with Gasteiger partial charge in [0.15, 0.2) is 0 Å². The van der Waals surface area contributed by atoms with Crippen molar-refractivity contribution in [1.29, 1.82) is 0 Å². The van der Waals surface area contributed by atoms with Gasteiger partial charge in [-0.15, -0.1) is 0 Å². The first-order chi connectivity index (χ1) is 9.23. The van der Waals surface area contributed by atoms with Crippen LogP contribution < -0.4 is 5.73 Å². The van der Waals surface area contributed by atoms with Crippen LogP contribution >= 0.6 is 0 Å². The van der Waals surface area contributed by atoms with Crippen LogP contribution in [0, 0.1) is 17.8 Å². The summed E-state index contributed by atoms with van der Waals surface area (Å²) in [5.74, 6) is 1.91. The lowest BCUT2D eigenvalue weighted by Gasteiger charge is -2.39. The van der Waals surface area contributed by atoms with Gasteiger partial charge in [-0.25, -0.2) is 4.79 Å². The maximum absolute atomic E-state index is 12.2. The molecule has 20 heavy (non-hydrogen) atoms. The molecular weight excluding hydrogens is 252 g/mol. The van der Waals surface area contributed by atoms with Crippen LogP contribution in [0.3, 0.4) is 0 Å². The molecule has 4 nitrogen and oxygen atoms in total. The Morgan fingerprint density at radius 2 is 2.00 bits per heavy atom. The van der Waals surface area contributed by atoms with Gasteiger partial charge in [-0.05, 0) is 64.3 Å². The fraction of sp³-hybridized carbons (Fsp3) is 0.938. The summed E-state index contributed by atoms with van der Waals surface area (Å²) in [4.78, 5) is 14.0. The largest absolute Gasteiger partial charge is 0.444 e. The lowest BCUT2D eigenvalue weighted by molar-refractivity contribution is 0.00810. The minimum atomic E-state index is -0.421. The molecule has 0 spiro atoms. The topological polar surface area (TPSA) is 55.6 Å². The van der Waals surface area contributed by atoms with Crippen molar-refractivity contribution in [3.05, 3.63) is 0 Å². The van der Waals surface area contributed by atoms with E-state index in [0.29, 0.717) is 24.3 Å². The van der Waals surface area contributed by atoms with Gasteiger partial charge in [-0.2, -0.15) is 0 Å². The normalized spacial score (nSPS) is 24.1. The van der Waals surface area contributed by atoms with Gasteiger partial charge in [0.1, 0.15) is 5.60 Å². The first-order valence-electron chi connectivity index (χ1n) is 7.91. The summed E-state index contributed by atoms with van der Waals surface area (Å²) in [6.45, 7) is 12.6. The highest BCUT2D eigenvalue weighted by molar-refractivity contribution is 5.68. The Bertz CT molecular complexity index is 310. The fourth-order valence-corrected chi connectivity index (χ4v) is 3.03. The molecule has 0 radical (unpaired) electrons. The number of carbonyl (C=O) groups excluding carboxylic acids is 1. The second-order valence-electron chi connectivity index (χ2n) is 7.44.